The topological polar surface area (TPSA) is 74.6 Å². The third-order valence-corrected chi connectivity index (χ3v) is 2.06. The third kappa shape index (κ3) is 36.1. The smallest absolute Gasteiger partial charge is 0.264 e. The molecule has 8 heteroatoms. The van der Waals surface area contributed by atoms with Crippen LogP contribution < -0.4 is 0 Å². The largest absolute Gasteiger partial charge is 0.394 e. The van der Waals surface area contributed by atoms with Crippen LogP contribution >= 0.6 is 0 Å². The molecule has 0 aliphatic heterocycles. The fourth-order valence-electron chi connectivity index (χ4n) is 1.28. The Balaban J connectivity index is 0. The van der Waals surface area contributed by atoms with Gasteiger partial charge in [-0.3, -0.25) is 9.11 Å². The first-order valence-electron chi connectivity index (χ1n) is 5.83. The summed E-state index contributed by atoms with van der Waals surface area (Å²) >= 11 is 0. The van der Waals surface area contributed by atoms with Crippen LogP contribution in [0.3, 0.4) is 0 Å². The van der Waals surface area contributed by atoms with Gasteiger partial charge in [0.05, 0.1) is 0 Å². The molecule has 0 aromatic heterocycles. The van der Waals surface area contributed by atoms with Crippen molar-refractivity contribution in [2.45, 2.75) is 64.5 Å². The molecule has 0 aromatic carbocycles. The van der Waals surface area contributed by atoms with E-state index in [4.69, 9.17) is 17.5 Å². The number of hydrogen-bond donors (Lipinski definition) is 2. The monoisotopic (exact) mass is 294 g/mol. The number of alkyl halides is 3. The molecule has 0 saturated carbocycles. The second-order valence-corrected chi connectivity index (χ2v) is 4.83. The molecule has 0 spiro atoms. The standard InChI is InChI=1S/C10H19F3.H2O4S/c1-2-3-4-5-6-7-8-9-10(11,12)13;1-5(2,3)4/h2-9H2,1H3;(H2,1,2,3,4). The van der Waals surface area contributed by atoms with Gasteiger partial charge in [0.25, 0.3) is 0 Å². The zero-order chi connectivity index (χ0) is 14.7. The molecule has 0 rings (SSSR count). The second kappa shape index (κ2) is 10.6. The van der Waals surface area contributed by atoms with Crippen molar-refractivity contribution in [3.63, 3.8) is 0 Å². The van der Waals surface area contributed by atoms with E-state index >= 15 is 0 Å². The maximum atomic E-state index is 11.7. The van der Waals surface area contributed by atoms with Gasteiger partial charge in [0.2, 0.25) is 0 Å². The lowest BCUT2D eigenvalue weighted by Gasteiger charge is -2.05. The molecule has 0 saturated heterocycles. The summed E-state index contributed by atoms with van der Waals surface area (Å²) in [6, 6.07) is 0. The minimum Gasteiger partial charge on any atom is -0.264 e. The van der Waals surface area contributed by atoms with Gasteiger partial charge in [-0.25, -0.2) is 0 Å². The van der Waals surface area contributed by atoms with Gasteiger partial charge >= 0.3 is 16.6 Å². The highest BCUT2D eigenvalue weighted by Gasteiger charge is 2.25. The summed E-state index contributed by atoms with van der Waals surface area (Å²) in [5.74, 6) is 0. The van der Waals surface area contributed by atoms with Crippen molar-refractivity contribution >= 4 is 10.4 Å². The van der Waals surface area contributed by atoms with Crippen molar-refractivity contribution in [1.82, 2.24) is 0 Å². The molecule has 4 nitrogen and oxygen atoms in total. The van der Waals surface area contributed by atoms with Gasteiger partial charge < -0.3 is 0 Å². The first kappa shape index (κ1) is 20.0. The zero-order valence-electron chi connectivity index (χ0n) is 10.4. The first-order valence-corrected chi connectivity index (χ1v) is 7.22. The molecule has 0 heterocycles. The fraction of sp³-hybridized carbons (Fsp3) is 1.00. The molecule has 0 aromatic rings. The van der Waals surface area contributed by atoms with Crippen LogP contribution in [-0.4, -0.2) is 23.7 Å². The van der Waals surface area contributed by atoms with Crippen molar-refractivity contribution in [2.75, 3.05) is 0 Å². The van der Waals surface area contributed by atoms with Gasteiger partial charge in [-0.2, -0.15) is 21.6 Å². The highest BCUT2D eigenvalue weighted by atomic mass is 32.3. The summed E-state index contributed by atoms with van der Waals surface area (Å²) in [5, 5.41) is 0. The van der Waals surface area contributed by atoms with E-state index in [1.165, 1.54) is 19.3 Å². The van der Waals surface area contributed by atoms with Crippen LogP contribution in [0.5, 0.6) is 0 Å². The molecule has 0 aliphatic rings. The first-order chi connectivity index (χ1) is 8.06. The van der Waals surface area contributed by atoms with Gasteiger partial charge in [-0.1, -0.05) is 45.4 Å². The summed E-state index contributed by atoms with van der Waals surface area (Å²) in [7, 11) is -4.67. The van der Waals surface area contributed by atoms with E-state index in [1.54, 1.807) is 0 Å². The highest BCUT2D eigenvalue weighted by Crippen LogP contribution is 2.23. The van der Waals surface area contributed by atoms with Crippen LogP contribution in [0.25, 0.3) is 0 Å². The maximum Gasteiger partial charge on any atom is 0.394 e. The molecule has 0 aliphatic carbocycles. The third-order valence-electron chi connectivity index (χ3n) is 2.06. The molecule has 2 N–H and O–H groups in total. The maximum absolute atomic E-state index is 11.7. The van der Waals surface area contributed by atoms with Crippen LogP contribution in [0.4, 0.5) is 13.2 Å². The van der Waals surface area contributed by atoms with Crippen LogP contribution in [-0.2, 0) is 10.4 Å². The fourth-order valence-corrected chi connectivity index (χ4v) is 1.28. The van der Waals surface area contributed by atoms with E-state index in [1.807, 2.05) is 0 Å². The van der Waals surface area contributed by atoms with Crippen LogP contribution in [0.1, 0.15) is 58.3 Å². The SMILES string of the molecule is CCCCCCCCCC(F)(F)F.O=S(=O)(O)O. The highest BCUT2D eigenvalue weighted by molar-refractivity contribution is 7.79. The normalized spacial score (nSPS) is 11.9. The van der Waals surface area contributed by atoms with Gasteiger partial charge in [0.1, 0.15) is 0 Å². The second-order valence-electron chi connectivity index (χ2n) is 3.93. The van der Waals surface area contributed by atoms with E-state index in [2.05, 4.69) is 6.92 Å². The summed E-state index contributed by atoms with van der Waals surface area (Å²) in [5.41, 5.74) is 0. The zero-order valence-corrected chi connectivity index (χ0v) is 11.2. The average molecular weight is 294 g/mol. The molecule has 0 radical (unpaired) electrons. The van der Waals surface area contributed by atoms with E-state index < -0.39 is 23.0 Å². The lowest BCUT2D eigenvalue weighted by molar-refractivity contribution is -0.135. The minimum absolute atomic E-state index is 0.301. The van der Waals surface area contributed by atoms with Gasteiger partial charge in [-0.15, -0.1) is 0 Å². The molecule has 0 fully saturated rings. The van der Waals surface area contributed by atoms with Crippen LogP contribution in [0.2, 0.25) is 0 Å². The number of hydrogen-bond acceptors (Lipinski definition) is 2. The number of unbranched alkanes of at least 4 members (excludes halogenated alkanes) is 6. The Bertz CT molecular complexity index is 267. The van der Waals surface area contributed by atoms with E-state index in [0.717, 1.165) is 19.3 Å². The quantitative estimate of drug-likeness (QED) is 0.549. The molecule has 18 heavy (non-hydrogen) atoms. The average Bonchev–Trinajstić information content (AvgIpc) is 2.12. The predicted molar refractivity (Wildman–Crippen MR) is 62.8 cm³/mol. The van der Waals surface area contributed by atoms with Gasteiger partial charge in [0, 0.05) is 6.42 Å². The predicted octanol–water partition coefficient (Wildman–Crippen LogP) is 4.04. The molecule has 0 atom stereocenters. The summed E-state index contributed by atoms with van der Waals surface area (Å²) in [4.78, 5) is 0. The molecule has 112 valence electrons. The van der Waals surface area contributed by atoms with Crippen molar-refractivity contribution in [1.29, 1.82) is 0 Å². The summed E-state index contributed by atoms with van der Waals surface area (Å²) in [6.07, 6.45) is 2.06. The Morgan fingerprint density at radius 2 is 1.22 bits per heavy atom. The number of halogens is 3. The van der Waals surface area contributed by atoms with Crippen LogP contribution in [0, 0.1) is 0 Å². The van der Waals surface area contributed by atoms with E-state index in [0.29, 0.717) is 6.42 Å². The van der Waals surface area contributed by atoms with Crippen molar-refractivity contribution in [2.24, 2.45) is 0 Å². The van der Waals surface area contributed by atoms with E-state index in [-0.39, 0.29) is 0 Å². The summed E-state index contributed by atoms with van der Waals surface area (Å²) in [6.45, 7) is 2.13. The lowest BCUT2D eigenvalue weighted by Crippen LogP contribution is -2.06. The van der Waals surface area contributed by atoms with Crippen LogP contribution in [0.15, 0.2) is 0 Å². The molecule has 0 unspecified atom stereocenters. The molecule has 0 bridgehead atoms. The van der Waals surface area contributed by atoms with E-state index in [9.17, 15) is 13.2 Å². The Morgan fingerprint density at radius 3 is 1.56 bits per heavy atom. The Hall–Kier alpha value is -0.340. The Kier molecular flexibility index (Phi) is 11.7. The van der Waals surface area contributed by atoms with Gasteiger partial charge in [-0.05, 0) is 6.42 Å². The lowest BCUT2D eigenvalue weighted by atomic mass is 10.1. The molecule has 0 amide bonds. The number of rotatable bonds is 7. The Morgan fingerprint density at radius 1 is 0.889 bits per heavy atom. The minimum atomic E-state index is -4.67. The Labute approximate surface area is 106 Å². The molecular formula is C10H21F3O4S. The molecular weight excluding hydrogens is 273 g/mol. The van der Waals surface area contributed by atoms with Crippen molar-refractivity contribution < 1.29 is 30.7 Å². The van der Waals surface area contributed by atoms with Gasteiger partial charge in [0.15, 0.2) is 0 Å². The van der Waals surface area contributed by atoms with Crippen molar-refractivity contribution in [3.05, 3.63) is 0 Å². The van der Waals surface area contributed by atoms with Crippen molar-refractivity contribution in [3.8, 4) is 0 Å². The summed E-state index contributed by atoms with van der Waals surface area (Å²) < 4.78 is 66.6.